The van der Waals surface area contributed by atoms with Crippen LogP contribution >= 0.6 is 22.4 Å². The van der Waals surface area contributed by atoms with Crippen LogP contribution in [-0.2, 0) is 10.5 Å². The number of carboxylic acids is 1. The number of anilines is 2. The average Bonchev–Trinajstić information content (AvgIpc) is 2.90. The Kier molecular flexibility index (Phi) is 8.78. The molecule has 188 valence electrons. The predicted molar refractivity (Wildman–Crippen MR) is 138 cm³/mol. The van der Waals surface area contributed by atoms with Crippen LogP contribution in [0.1, 0.15) is 45.1 Å². The number of carbonyl (C=O) groups is 1. The van der Waals surface area contributed by atoms with Crippen LogP contribution in [0.4, 0.5) is 15.8 Å². The third-order valence-electron chi connectivity index (χ3n) is 6.44. The van der Waals surface area contributed by atoms with E-state index < -0.39 is 16.6 Å². The second-order valence-electron chi connectivity index (χ2n) is 8.85. The Morgan fingerprint density at radius 2 is 1.94 bits per heavy atom. The first-order chi connectivity index (χ1) is 16.1. The number of nitrogens with zero attached hydrogens (tertiary/aromatic N) is 1. The fourth-order valence-corrected chi connectivity index (χ4v) is 7.54. The van der Waals surface area contributed by atoms with E-state index in [0.29, 0.717) is 34.2 Å². The summed E-state index contributed by atoms with van der Waals surface area (Å²) in [5.41, 5.74) is 1.77. The molecular weight excluding hydrogens is 477 g/mol. The van der Waals surface area contributed by atoms with Crippen molar-refractivity contribution < 1.29 is 28.1 Å². The SMILES string of the molecule is CCCCC1(CC)CN(c2ccc(F)cc2)c2cc(OC)c(CSCC(=O)O)cc2S(O)(O)C1. The van der Waals surface area contributed by atoms with E-state index in [-0.39, 0.29) is 22.7 Å². The van der Waals surface area contributed by atoms with Gasteiger partial charge in [0.1, 0.15) is 11.6 Å². The maximum atomic E-state index is 13.7. The van der Waals surface area contributed by atoms with Crippen LogP contribution < -0.4 is 9.64 Å². The maximum Gasteiger partial charge on any atom is 0.313 e. The molecule has 0 bridgehead atoms. The number of aliphatic carboxylic acids is 1. The minimum absolute atomic E-state index is 0.0614. The van der Waals surface area contributed by atoms with Crippen molar-refractivity contribution in [1.29, 1.82) is 0 Å². The minimum Gasteiger partial charge on any atom is -0.496 e. The highest BCUT2D eigenvalue weighted by Gasteiger charge is 2.42. The fraction of sp³-hybridized carbons (Fsp3) is 0.480. The highest BCUT2D eigenvalue weighted by molar-refractivity contribution is 8.24. The third kappa shape index (κ3) is 6.00. The number of hydrogen-bond donors (Lipinski definition) is 3. The van der Waals surface area contributed by atoms with Crippen molar-refractivity contribution in [3.63, 3.8) is 0 Å². The van der Waals surface area contributed by atoms with E-state index in [2.05, 4.69) is 13.8 Å². The fourth-order valence-electron chi connectivity index (χ4n) is 4.53. The van der Waals surface area contributed by atoms with Crippen LogP contribution in [0.25, 0.3) is 0 Å². The number of hydrogen-bond acceptors (Lipinski definition) is 6. The average molecular weight is 512 g/mol. The summed E-state index contributed by atoms with van der Waals surface area (Å²) in [6.07, 6.45) is 3.59. The van der Waals surface area contributed by atoms with E-state index in [0.717, 1.165) is 31.4 Å². The van der Waals surface area contributed by atoms with E-state index in [4.69, 9.17) is 9.84 Å². The zero-order valence-corrected chi connectivity index (χ0v) is 21.6. The van der Waals surface area contributed by atoms with E-state index in [1.165, 1.54) is 23.9 Å². The summed E-state index contributed by atoms with van der Waals surface area (Å²) >= 11 is 1.23. The summed E-state index contributed by atoms with van der Waals surface area (Å²) in [4.78, 5) is 13.5. The summed E-state index contributed by atoms with van der Waals surface area (Å²) < 4.78 is 42.3. The molecule has 9 heteroatoms. The van der Waals surface area contributed by atoms with Gasteiger partial charge in [-0.05, 0) is 43.2 Å². The Morgan fingerprint density at radius 1 is 1.24 bits per heavy atom. The van der Waals surface area contributed by atoms with Crippen molar-refractivity contribution in [2.45, 2.75) is 50.2 Å². The van der Waals surface area contributed by atoms with Gasteiger partial charge < -0.3 is 14.7 Å². The van der Waals surface area contributed by atoms with Crippen LogP contribution in [0.2, 0.25) is 0 Å². The van der Waals surface area contributed by atoms with E-state index in [1.54, 1.807) is 31.4 Å². The van der Waals surface area contributed by atoms with Crippen LogP contribution in [0.5, 0.6) is 5.75 Å². The number of ether oxygens (including phenoxy) is 1. The van der Waals surface area contributed by atoms with Crippen molar-refractivity contribution in [2.75, 3.05) is 30.1 Å². The molecule has 0 aromatic heterocycles. The molecule has 2 aromatic carbocycles. The van der Waals surface area contributed by atoms with Crippen molar-refractivity contribution in [2.24, 2.45) is 5.41 Å². The van der Waals surface area contributed by atoms with Gasteiger partial charge in [-0.15, -0.1) is 11.8 Å². The highest BCUT2D eigenvalue weighted by Crippen LogP contribution is 2.61. The first-order valence-corrected chi connectivity index (χ1v) is 14.3. The van der Waals surface area contributed by atoms with Gasteiger partial charge in [0.25, 0.3) is 0 Å². The van der Waals surface area contributed by atoms with E-state index >= 15 is 0 Å². The molecule has 3 rings (SSSR count). The second kappa shape index (κ2) is 11.2. The zero-order chi connectivity index (χ0) is 24.9. The van der Waals surface area contributed by atoms with Gasteiger partial charge in [-0.3, -0.25) is 13.9 Å². The number of thioether (sulfide) groups is 1. The number of methoxy groups -OCH3 is 1. The summed E-state index contributed by atoms with van der Waals surface area (Å²) in [6.45, 7) is 4.77. The topological polar surface area (TPSA) is 90.2 Å². The monoisotopic (exact) mass is 511 g/mol. The lowest BCUT2D eigenvalue weighted by Crippen LogP contribution is -2.37. The Bertz CT molecular complexity index is 1000. The predicted octanol–water partition coefficient (Wildman–Crippen LogP) is 7.00. The molecule has 1 aliphatic heterocycles. The molecule has 0 fully saturated rings. The lowest BCUT2D eigenvalue weighted by Gasteiger charge is -2.41. The molecular formula is C25H34FNO5S2. The molecule has 1 unspecified atom stereocenters. The first-order valence-electron chi connectivity index (χ1n) is 11.4. The molecule has 3 N–H and O–H groups in total. The van der Waals surface area contributed by atoms with Gasteiger partial charge in [-0.1, -0.05) is 26.7 Å². The molecule has 0 spiro atoms. The smallest absolute Gasteiger partial charge is 0.313 e. The van der Waals surface area contributed by atoms with Crippen LogP contribution in [0.15, 0.2) is 41.3 Å². The highest BCUT2D eigenvalue weighted by atomic mass is 32.3. The number of benzene rings is 2. The van der Waals surface area contributed by atoms with Gasteiger partial charge in [0, 0.05) is 40.8 Å². The van der Waals surface area contributed by atoms with E-state index in [9.17, 15) is 18.3 Å². The molecule has 1 heterocycles. The second-order valence-corrected chi connectivity index (χ2v) is 11.9. The third-order valence-corrected chi connectivity index (χ3v) is 9.45. The molecule has 6 nitrogen and oxygen atoms in total. The largest absolute Gasteiger partial charge is 0.496 e. The number of rotatable bonds is 10. The number of carboxylic acid groups (broad SMARTS) is 1. The maximum absolute atomic E-state index is 13.7. The van der Waals surface area contributed by atoms with Crippen molar-refractivity contribution >= 4 is 39.7 Å². The van der Waals surface area contributed by atoms with Crippen LogP contribution in [-0.4, -0.2) is 45.3 Å². The molecule has 0 saturated carbocycles. The molecule has 1 aliphatic rings. The molecule has 0 aliphatic carbocycles. The summed E-state index contributed by atoms with van der Waals surface area (Å²) in [5.74, 6) is -0.141. The molecule has 1 atom stereocenters. The van der Waals surface area contributed by atoms with Gasteiger partial charge in [0.2, 0.25) is 0 Å². The summed E-state index contributed by atoms with van der Waals surface area (Å²) in [7, 11) is -1.62. The van der Waals surface area contributed by atoms with Crippen molar-refractivity contribution in [3.8, 4) is 5.75 Å². The van der Waals surface area contributed by atoms with Crippen LogP contribution in [0.3, 0.4) is 0 Å². The Labute approximate surface area is 206 Å². The number of halogens is 1. The Hall–Kier alpha value is -1.94. The summed E-state index contributed by atoms with van der Waals surface area (Å²) in [6, 6.07) is 9.78. The van der Waals surface area contributed by atoms with Gasteiger partial charge in [-0.2, -0.15) is 10.6 Å². The van der Waals surface area contributed by atoms with Gasteiger partial charge >= 0.3 is 5.97 Å². The molecule has 0 radical (unpaired) electrons. The Morgan fingerprint density at radius 3 is 2.53 bits per heavy atom. The lowest BCUT2D eigenvalue weighted by molar-refractivity contribution is -0.133. The van der Waals surface area contributed by atoms with Gasteiger partial charge in [-0.25, -0.2) is 4.39 Å². The zero-order valence-electron chi connectivity index (χ0n) is 19.9. The minimum atomic E-state index is -3.16. The first kappa shape index (κ1) is 26.7. The van der Waals surface area contributed by atoms with Crippen molar-refractivity contribution in [1.82, 2.24) is 0 Å². The van der Waals surface area contributed by atoms with Gasteiger partial charge in [0.15, 0.2) is 0 Å². The molecule has 0 saturated heterocycles. The summed E-state index contributed by atoms with van der Waals surface area (Å²) in [5, 5.41) is 9.00. The molecule has 0 amide bonds. The van der Waals surface area contributed by atoms with Gasteiger partial charge in [0.05, 0.1) is 23.4 Å². The van der Waals surface area contributed by atoms with E-state index in [1.807, 2.05) is 4.90 Å². The Balaban J connectivity index is 2.17. The molecule has 34 heavy (non-hydrogen) atoms. The van der Waals surface area contributed by atoms with Crippen LogP contribution in [0, 0.1) is 11.2 Å². The standard InChI is InChI=1S/C25H34FNO5S2/c1-4-6-11-25(5-2)16-27(20-9-7-19(26)8-10-20)21-13-22(32-3)18(14-33-15-24(28)29)12-23(21)34(30,31)17-25/h7-10,12-13,30-31H,4-6,11,14-17H2,1-3H3,(H,28,29). The van der Waals surface area contributed by atoms with Crippen molar-refractivity contribution in [3.05, 3.63) is 47.8 Å². The molecule has 2 aromatic rings. The lowest BCUT2D eigenvalue weighted by atomic mass is 9.81. The number of unbranched alkanes of at least 4 members (excludes halogenated alkanes) is 1. The number of fused-ring (bicyclic) bond motifs is 1. The quantitative estimate of drug-likeness (QED) is 0.316. The normalized spacial score (nSPS) is 20.4.